The number of aryl methyl sites for hydroxylation is 1. The second-order valence-corrected chi connectivity index (χ2v) is 3.47. The number of fused-ring (bicyclic) bond motifs is 1. The van der Waals surface area contributed by atoms with Crippen molar-refractivity contribution in [1.82, 2.24) is 4.98 Å². The summed E-state index contributed by atoms with van der Waals surface area (Å²) in [5, 5.41) is 0. The molecular weight excluding hydrogens is 218 g/mol. The van der Waals surface area contributed by atoms with Crippen LogP contribution in [0.4, 0.5) is 0 Å². The monoisotopic (exact) mass is 229 g/mol. The molecule has 86 valence electrons. The Hall–Kier alpha value is -2.28. The van der Waals surface area contributed by atoms with Gasteiger partial charge in [0.1, 0.15) is 11.9 Å². The Labute approximate surface area is 98.6 Å². The van der Waals surface area contributed by atoms with Crippen molar-refractivity contribution in [2.45, 2.75) is 13.3 Å². The quantitative estimate of drug-likeness (QED) is 0.554. The summed E-state index contributed by atoms with van der Waals surface area (Å²) in [6.07, 6.45) is 0.0873. The van der Waals surface area contributed by atoms with Crippen molar-refractivity contribution in [3.8, 4) is 11.8 Å². The van der Waals surface area contributed by atoms with Gasteiger partial charge in [-0.25, -0.2) is 4.98 Å². The third kappa shape index (κ3) is 2.64. The predicted molar refractivity (Wildman–Crippen MR) is 62.3 cm³/mol. The first-order valence-electron chi connectivity index (χ1n) is 5.12. The molecule has 0 aliphatic heterocycles. The third-order valence-corrected chi connectivity index (χ3v) is 2.19. The van der Waals surface area contributed by atoms with E-state index in [4.69, 9.17) is 4.42 Å². The molecule has 2 rings (SSSR count). The Kier molecular flexibility index (Phi) is 3.10. The van der Waals surface area contributed by atoms with Crippen LogP contribution in [0.2, 0.25) is 0 Å². The molecule has 17 heavy (non-hydrogen) atoms. The van der Waals surface area contributed by atoms with Crippen LogP contribution in [0.25, 0.3) is 11.1 Å². The number of oxazole rings is 1. The highest BCUT2D eigenvalue weighted by molar-refractivity contribution is 5.75. The van der Waals surface area contributed by atoms with Gasteiger partial charge in [0, 0.05) is 12.5 Å². The van der Waals surface area contributed by atoms with Gasteiger partial charge in [0.2, 0.25) is 0 Å². The van der Waals surface area contributed by atoms with Crippen LogP contribution in [0.1, 0.15) is 17.9 Å². The van der Waals surface area contributed by atoms with Crippen LogP contribution in [-0.2, 0) is 9.53 Å². The van der Waals surface area contributed by atoms with Gasteiger partial charge in [-0.05, 0) is 18.2 Å². The lowest BCUT2D eigenvalue weighted by atomic mass is 10.2. The lowest BCUT2D eigenvalue weighted by Gasteiger charge is -1.90. The molecule has 0 bridgehead atoms. The van der Waals surface area contributed by atoms with Crippen LogP contribution in [0.5, 0.6) is 0 Å². The van der Waals surface area contributed by atoms with Crippen molar-refractivity contribution in [2.75, 3.05) is 7.11 Å². The molecule has 4 nitrogen and oxygen atoms in total. The third-order valence-electron chi connectivity index (χ3n) is 2.19. The fraction of sp³-hybridized carbons (Fsp3) is 0.231. The first-order valence-corrected chi connectivity index (χ1v) is 5.12. The summed E-state index contributed by atoms with van der Waals surface area (Å²) in [6.45, 7) is 1.79. The molecule has 0 aliphatic carbocycles. The van der Waals surface area contributed by atoms with Gasteiger partial charge in [-0.1, -0.05) is 11.8 Å². The van der Waals surface area contributed by atoms with Crippen molar-refractivity contribution in [1.29, 1.82) is 0 Å². The molecule has 0 saturated carbocycles. The fourth-order valence-corrected chi connectivity index (χ4v) is 1.41. The highest BCUT2D eigenvalue weighted by Gasteiger charge is 2.01. The van der Waals surface area contributed by atoms with E-state index in [1.807, 2.05) is 12.1 Å². The lowest BCUT2D eigenvalue weighted by molar-refractivity contribution is -0.139. The normalized spacial score (nSPS) is 9.76. The molecule has 0 unspecified atom stereocenters. The van der Waals surface area contributed by atoms with E-state index in [0.29, 0.717) is 11.5 Å². The zero-order valence-corrected chi connectivity index (χ0v) is 9.61. The summed E-state index contributed by atoms with van der Waals surface area (Å²) < 4.78 is 9.88. The molecule has 0 spiro atoms. The van der Waals surface area contributed by atoms with Gasteiger partial charge in [-0.2, -0.15) is 0 Å². The van der Waals surface area contributed by atoms with Crippen LogP contribution in [0, 0.1) is 18.8 Å². The van der Waals surface area contributed by atoms with E-state index < -0.39 is 0 Å². The summed E-state index contributed by atoms with van der Waals surface area (Å²) in [4.78, 5) is 15.1. The number of nitrogens with zero attached hydrogens (tertiary/aromatic N) is 1. The molecule has 0 fully saturated rings. The van der Waals surface area contributed by atoms with Gasteiger partial charge in [-0.15, -0.1) is 0 Å². The number of methoxy groups -OCH3 is 1. The predicted octanol–water partition coefficient (Wildman–Crippen LogP) is 2.05. The van der Waals surface area contributed by atoms with E-state index in [0.717, 1.165) is 11.1 Å². The first-order chi connectivity index (χ1) is 8.19. The van der Waals surface area contributed by atoms with Crippen molar-refractivity contribution >= 4 is 17.1 Å². The number of hydrogen-bond donors (Lipinski definition) is 0. The Morgan fingerprint density at radius 2 is 2.35 bits per heavy atom. The van der Waals surface area contributed by atoms with Gasteiger partial charge < -0.3 is 9.15 Å². The average Bonchev–Trinajstić information content (AvgIpc) is 2.68. The lowest BCUT2D eigenvalue weighted by Crippen LogP contribution is -1.96. The highest BCUT2D eigenvalue weighted by atomic mass is 16.5. The highest BCUT2D eigenvalue weighted by Crippen LogP contribution is 2.16. The van der Waals surface area contributed by atoms with Gasteiger partial charge in [0.05, 0.1) is 7.11 Å². The number of rotatable bonds is 1. The van der Waals surface area contributed by atoms with Gasteiger partial charge >= 0.3 is 5.97 Å². The molecular formula is C13H11NO3. The molecule has 4 heteroatoms. The van der Waals surface area contributed by atoms with Crippen LogP contribution in [0.3, 0.4) is 0 Å². The number of benzene rings is 1. The average molecular weight is 229 g/mol. The molecule has 0 radical (unpaired) electrons. The maximum Gasteiger partial charge on any atom is 0.317 e. The number of ether oxygens (including phenoxy) is 1. The van der Waals surface area contributed by atoms with Crippen LogP contribution in [0.15, 0.2) is 22.6 Å². The molecule has 0 atom stereocenters. The Balaban J connectivity index is 2.21. The molecule has 0 amide bonds. The van der Waals surface area contributed by atoms with E-state index in [1.165, 1.54) is 7.11 Å². The maximum atomic E-state index is 10.9. The zero-order valence-electron chi connectivity index (χ0n) is 9.61. The summed E-state index contributed by atoms with van der Waals surface area (Å²) in [6, 6.07) is 5.49. The number of hydrogen-bond acceptors (Lipinski definition) is 4. The van der Waals surface area contributed by atoms with Gasteiger partial charge in [0.25, 0.3) is 0 Å². The minimum Gasteiger partial charge on any atom is -0.468 e. The Morgan fingerprint density at radius 3 is 3.12 bits per heavy atom. The number of esters is 1. The van der Waals surface area contributed by atoms with Crippen LogP contribution < -0.4 is 0 Å². The van der Waals surface area contributed by atoms with E-state index in [9.17, 15) is 4.79 Å². The Morgan fingerprint density at radius 1 is 1.53 bits per heavy atom. The number of carbonyl (C=O) groups is 1. The largest absolute Gasteiger partial charge is 0.468 e. The minimum atomic E-state index is -0.339. The maximum absolute atomic E-state index is 10.9. The zero-order chi connectivity index (χ0) is 12.3. The van der Waals surface area contributed by atoms with Crippen LogP contribution in [-0.4, -0.2) is 18.1 Å². The second-order valence-electron chi connectivity index (χ2n) is 3.47. The summed E-state index contributed by atoms with van der Waals surface area (Å²) in [5.74, 6) is 5.90. The molecule has 1 heterocycles. The van der Waals surface area contributed by atoms with Crippen molar-refractivity contribution in [3.05, 3.63) is 29.7 Å². The molecule has 1 aromatic carbocycles. The summed E-state index contributed by atoms with van der Waals surface area (Å²) in [7, 11) is 1.34. The molecule has 0 N–H and O–H groups in total. The smallest absolute Gasteiger partial charge is 0.317 e. The number of aromatic nitrogens is 1. The SMILES string of the molecule is COC(=O)CC#Cc1ccc2nc(C)oc2c1. The topological polar surface area (TPSA) is 52.3 Å². The fourth-order valence-electron chi connectivity index (χ4n) is 1.41. The molecule has 0 aliphatic rings. The van der Waals surface area contributed by atoms with E-state index in [2.05, 4.69) is 21.6 Å². The summed E-state index contributed by atoms with van der Waals surface area (Å²) >= 11 is 0. The van der Waals surface area contributed by atoms with Gasteiger partial charge in [0.15, 0.2) is 11.5 Å². The van der Waals surface area contributed by atoms with Crippen molar-refractivity contribution in [2.24, 2.45) is 0 Å². The molecule has 1 aromatic heterocycles. The molecule has 0 saturated heterocycles. The number of carbonyl (C=O) groups excluding carboxylic acids is 1. The van der Waals surface area contributed by atoms with Crippen LogP contribution >= 0.6 is 0 Å². The standard InChI is InChI=1S/C13H11NO3/c1-9-14-11-7-6-10(8-12(11)17-9)4-3-5-13(15)16-2/h6-8H,5H2,1-2H3. The first kappa shape index (κ1) is 11.2. The van der Waals surface area contributed by atoms with E-state index in [1.54, 1.807) is 13.0 Å². The van der Waals surface area contributed by atoms with E-state index >= 15 is 0 Å². The molecule has 2 aromatic rings. The van der Waals surface area contributed by atoms with Crippen molar-refractivity contribution in [3.63, 3.8) is 0 Å². The van der Waals surface area contributed by atoms with Gasteiger partial charge in [-0.3, -0.25) is 4.79 Å². The second kappa shape index (κ2) is 4.71. The Bertz CT molecular complexity index is 616. The minimum absolute atomic E-state index is 0.0873. The van der Waals surface area contributed by atoms with Crippen molar-refractivity contribution < 1.29 is 13.9 Å². The summed E-state index contributed by atoms with van der Waals surface area (Å²) in [5.41, 5.74) is 2.30. The van der Waals surface area contributed by atoms with E-state index in [-0.39, 0.29) is 12.4 Å².